The maximum absolute atomic E-state index is 8.75. The van der Waals surface area contributed by atoms with Gasteiger partial charge in [0.2, 0.25) is 0 Å². The molecule has 0 radical (unpaired) electrons. The predicted molar refractivity (Wildman–Crippen MR) is 89.3 cm³/mol. The van der Waals surface area contributed by atoms with Gasteiger partial charge in [-0.25, -0.2) is 0 Å². The van der Waals surface area contributed by atoms with Crippen LogP contribution in [0.3, 0.4) is 0 Å². The van der Waals surface area contributed by atoms with E-state index in [4.69, 9.17) is 5.11 Å². The van der Waals surface area contributed by atoms with Gasteiger partial charge in [0, 0.05) is 0 Å². The van der Waals surface area contributed by atoms with E-state index in [1.807, 2.05) is 24.3 Å². The molecule has 0 aromatic heterocycles. The molecule has 0 saturated carbocycles. The maximum atomic E-state index is 8.75. The molecule has 0 spiro atoms. The average Bonchev–Trinajstić information content (AvgIpc) is 2.53. The summed E-state index contributed by atoms with van der Waals surface area (Å²) in [6, 6.07) is 27.8. The number of hydrogen-bond acceptors (Lipinski definition) is 1. The van der Waals surface area contributed by atoms with Crippen LogP contribution in [0.2, 0.25) is 0 Å². The van der Waals surface area contributed by atoms with Crippen molar-refractivity contribution in [2.24, 2.45) is 0 Å². The molecule has 3 aromatic carbocycles. The summed E-state index contributed by atoms with van der Waals surface area (Å²) in [5.41, 5.74) is 2.55. The maximum Gasteiger partial charge on any atom is 0.115 e. The summed E-state index contributed by atoms with van der Waals surface area (Å²) < 4.78 is 0. The SMILES string of the molecule is Oc1ccc(P)cc1.c1ccc(-c2ccccc2)cc1. The van der Waals surface area contributed by atoms with Crippen LogP contribution in [0, 0.1) is 0 Å². The van der Waals surface area contributed by atoms with Crippen molar-refractivity contribution < 1.29 is 5.11 Å². The largest absolute Gasteiger partial charge is 0.508 e. The fourth-order valence-electron chi connectivity index (χ4n) is 1.74. The molecule has 20 heavy (non-hydrogen) atoms. The standard InChI is InChI=1S/C12H10.C6H7OP/c1-3-7-11(8-4-1)12-9-5-2-6-10-12;7-5-1-3-6(8)4-2-5/h1-10H;1-4,7H,8H2. The Hall–Kier alpha value is -2.11. The molecule has 0 heterocycles. The molecule has 2 heteroatoms. The lowest BCUT2D eigenvalue weighted by Gasteiger charge is -1.98. The van der Waals surface area contributed by atoms with Gasteiger partial charge >= 0.3 is 0 Å². The van der Waals surface area contributed by atoms with Crippen molar-refractivity contribution in [1.82, 2.24) is 0 Å². The zero-order valence-corrected chi connectivity index (χ0v) is 12.3. The second-order valence-electron chi connectivity index (χ2n) is 4.32. The molecule has 0 aliphatic rings. The van der Waals surface area contributed by atoms with E-state index in [1.165, 1.54) is 11.1 Å². The average molecular weight is 280 g/mol. The van der Waals surface area contributed by atoms with E-state index in [9.17, 15) is 0 Å². The van der Waals surface area contributed by atoms with Gasteiger partial charge in [0.1, 0.15) is 5.75 Å². The molecule has 1 N–H and O–H groups in total. The molecule has 1 unspecified atom stereocenters. The molecule has 0 aliphatic heterocycles. The Morgan fingerprint density at radius 2 is 0.950 bits per heavy atom. The van der Waals surface area contributed by atoms with E-state index in [0.717, 1.165) is 5.30 Å². The van der Waals surface area contributed by atoms with E-state index in [-0.39, 0.29) is 0 Å². The highest BCUT2D eigenvalue weighted by molar-refractivity contribution is 7.27. The quantitative estimate of drug-likeness (QED) is 0.661. The van der Waals surface area contributed by atoms with Crippen LogP contribution in [0.4, 0.5) is 0 Å². The molecule has 3 aromatic rings. The van der Waals surface area contributed by atoms with Crippen molar-refractivity contribution in [2.45, 2.75) is 0 Å². The molecule has 100 valence electrons. The predicted octanol–water partition coefficient (Wildman–Crippen LogP) is 4.25. The Labute approximate surface area is 122 Å². The number of aromatic hydroxyl groups is 1. The smallest absolute Gasteiger partial charge is 0.115 e. The molecular formula is C18H17OP. The Kier molecular flexibility index (Phi) is 5.34. The highest BCUT2D eigenvalue weighted by atomic mass is 31.0. The van der Waals surface area contributed by atoms with Crippen molar-refractivity contribution in [3.05, 3.63) is 84.9 Å². The van der Waals surface area contributed by atoms with Gasteiger partial charge in [-0.3, -0.25) is 0 Å². The highest BCUT2D eigenvalue weighted by Gasteiger charge is 1.91. The first kappa shape index (κ1) is 14.3. The van der Waals surface area contributed by atoms with E-state index in [1.54, 1.807) is 12.1 Å². The topological polar surface area (TPSA) is 20.2 Å². The van der Waals surface area contributed by atoms with Crippen LogP contribution in [0.15, 0.2) is 84.9 Å². The van der Waals surface area contributed by atoms with E-state index in [2.05, 4.69) is 57.8 Å². The molecule has 1 atom stereocenters. The van der Waals surface area contributed by atoms with E-state index < -0.39 is 0 Å². The van der Waals surface area contributed by atoms with Crippen LogP contribution >= 0.6 is 9.24 Å². The fourth-order valence-corrected chi connectivity index (χ4v) is 1.93. The Morgan fingerprint density at radius 3 is 1.30 bits per heavy atom. The highest BCUT2D eigenvalue weighted by Crippen LogP contribution is 2.17. The number of rotatable bonds is 1. The van der Waals surface area contributed by atoms with Crippen molar-refractivity contribution in [3.63, 3.8) is 0 Å². The lowest BCUT2D eigenvalue weighted by Crippen LogP contribution is -1.83. The van der Waals surface area contributed by atoms with Crippen molar-refractivity contribution in [2.75, 3.05) is 0 Å². The molecular weight excluding hydrogens is 263 g/mol. The monoisotopic (exact) mass is 280 g/mol. The second kappa shape index (κ2) is 7.47. The van der Waals surface area contributed by atoms with Crippen LogP contribution < -0.4 is 5.30 Å². The van der Waals surface area contributed by atoms with Crippen LogP contribution in [0.1, 0.15) is 0 Å². The van der Waals surface area contributed by atoms with Gasteiger partial charge in [-0.15, -0.1) is 9.24 Å². The number of benzene rings is 3. The van der Waals surface area contributed by atoms with Crippen LogP contribution in [0.25, 0.3) is 11.1 Å². The number of phenols is 1. The van der Waals surface area contributed by atoms with Gasteiger partial charge in [-0.1, -0.05) is 72.8 Å². The summed E-state index contributed by atoms with van der Waals surface area (Å²) in [4.78, 5) is 0. The van der Waals surface area contributed by atoms with Crippen LogP contribution in [-0.2, 0) is 0 Å². The minimum Gasteiger partial charge on any atom is -0.508 e. The third-order valence-electron chi connectivity index (χ3n) is 2.77. The van der Waals surface area contributed by atoms with Gasteiger partial charge in [-0.05, 0) is 28.6 Å². The van der Waals surface area contributed by atoms with Crippen LogP contribution in [0.5, 0.6) is 5.75 Å². The van der Waals surface area contributed by atoms with Gasteiger partial charge in [0.25, 0.3) is 0 Å². The molecule has 3 rings (SSSR count). The number of phenolic OH excluding ortho intramolecular Hbond substituents is 1. The third kappa shape index (κ3) is 4.53. The molecule has 0 bridgehead atoms. The molecule has 1 nitrogen and oxygen atoms in total. The Morgan fingerprint density at radius 1 is 0.550 bits per heavy atom. The lowest BCUT2D eigenvalue weighted by atomic mass is 10.1. The lowest BCUT2D eigenvalue weighted by molar-refractivity contribution is 0.475. The first-order chi connectivity index (χ1) is 9.75. The summed E-state index contributed by atoms with van der Waals surface area (Å²) in [7, 11) is 2.54. The zero-order valence-electron chi connectivity index (χ0n) is 11.1. The zero-order chi connectivity index (χ0) is 14.2. The Bertz CT molecular complexity index is 560. The van der Waals surface area contributed by atoms with Crippen molar-refractivity contribution >= 4 is 14.5 Å². The van der Waals surface area contributed by atoms with E-state index in [0.29, 0.717) is 5.75 Å². The normalized spacial score (nSPS) is 9.45. The molecule has 0 aliphatic carbocycles. The van der Waals surface area contributed by atoms with E-state index >= 15 is 0 Å². The number of hydrogen-bond donors (Lipinski definition) is 1. The van der Waals surface area contributed by atoms with Gasteiger partial charge in [0.15, 0.2) is 0 Å². The summed E-state index contributed by atoms with van der Waals surface area (Å²) in [6.07, 6.45) is 0. The first-order valence-corrected chi connectivity index (χ1v) is 6.98. The summed E-state index contributed by atoms with van der Waals surface area (Å²) in [6.45, 7) is 0. The summed E-state index contributed by atoms with van der Waals surface area (Å²) >= 11 is 0. The Balaban J connectivity index is 0.000000160. The second-order valence-corrected chi connectivity index (χ2v) is 4.99. The minimum atomic E-state index is 0.316. The van der Waals surface area contributed by atoms with Gasteiger partial charge in [-0.2, -0.15) is 0 Å². The van der Waals surface area contributed by atoms with Crippen molar-refractivity contribution in [1.29, 1.82) is 0 Å². The van der Waals surface area contributed by atoms with Crippen molar-refractivity contribution in [3.8, 4) is 16.9 Å². The first-order valence-electron chi connectivity index (χ1n) is 6.41. The van der Waals surface area contributed by atoms with Gasteiger partial charge in [0.05, 0.1) is 0 Å². The third-order valence-corrected chi connectivity index (χ3v) is 3.16. The minimum absolute atomic E-state index is 0.316. The summed E-state index contributed by atoms with van der Waals surface area (Å²) in [5, 5.41) is 9.83. The van der Waals surface area contributed by atoms with Gasteiger partial charge < -0.3 is 5.11 Å². The van der Waals surface area contributed by atoms with Crippen LogP contribution in [-0.4, -0.2) is 5.11 Å². The fraction of sp³-hybridized carbons (Fsp3) is 0. The summed E-state index contributed by atoms with van der Waals surface area (Å²) in [5.74, 6) is 0.316. The molecule has 0 amide bonds. The molecule has 0 fully saturated rings. The molecule has 0 saturated heterocycles.